The molecule has 126 valence electrons. The van der Waals surface area contributed by atoms with Gasteiger partial charge < -0.3 is 9.47 Å². The summed E-state index contributed by atoms with van der Waals surface area (Å²) in [6.45, 7) is 4.33. The molecule has 0 fully saturated rings. The van der Waals surface area contributed by atoms with Gasteiger partial charge in [-0.25, -0.2) is 4.98 Å². The van der Waals surface area contributed by atoms with Crippen molar-refractivity contribution in [2.45, 2.75) is 13.8 Å². The highest BCUT2D eigenvalue weighted by Crippen LogP contribution is 2.33. The number of nitrogens with zero attached hydrogens (tertiary/aromatic N) is 1. The Balaban J connectivity index is 1.49. The van der Waals surface area contributed by atoms with Crippen LogP contribution in [0.5, 0.6) is 11.5 Å². The van der Waals surface area contributed by atoms with Gasteiger partial charge in [-0.2, -0.15) is 0 Å². The van der Waals surface area contributed by atoms with Crippen LogP contribution >= 0.6 is 11.3 Å². The zero-order valence-electron chi connectivity index (χ0n) is 13.8. The first-order valence-electron chi connectivity index (χ1n) is 7.85. The van der Waals surface area contributed by atoms with Gasteiger partial charge in [0.05, 0.1) is 10.2 Å². The van der Waals surface area contributed by atoms with E-state index in [2.05, 4.69) is 23.3 Å². The van der Waals surface area contributed by atoms with Gasteiger partial charge in [-0.05, 0) is 54.8 Å². The predicted octanol–water partition coefficient (Wildman–Crippen LogP) is 4.29. The summed E-state index contributed by atoms with van der Waals surface area (Å²) in [5, 5.41) is 3.43. The van der Waals surface area contributed by atoms with Crippen molar-refractivity contribution >= 4 is 38.7 Å². The van der Waals surface area contributed by atoms with Crippen molar-refractivity contribution in [2.24, 2.45) is 0 Å². The maximum absolute atomic E-state index is 12.2. The third-order valence-corrected chi connectivity index (χ3v) is 5.00. The number of benzene rings is 2. The fraction of sp³-hybridized carbons (Fsp3) is 0.158. The predicted molar refractivity (Wildman–Crippen MR) is 99.3 cm³/mol. The number of aryl methyl sites for hydroxylation is 2. The molecule has 0 atom stereocenters. The van der Waals surface area contributed by atoms with Gasteiger partial charge in [0.1, 0.15) is 0 Å². The zero-order valence-corrected chi connectivity index (χ0v) is 14.6. The van der Waals surface area contributed by atoms with Crippen LogP contribution in [0.4, 0.5) is 5.13 Å². The number of rotatable bonds is 3. The fourth-order valence-corrected chi connectivity index (χ4v) is 3.68. The number of nitrogens with one attached hydrogen (secondary N) is 1. The van der Waals surface area contributed by atoms with Crippen LogP contribution in [0.1, 0.15) is 16.7 Å². The zero-order chi connectivity index (χ0) is 17.4. The number of aromatic nitrogens is 1. The van der Waals surface area contributed by atoms with Gasteiger partial charge in [-0.15, -0.1) is 0 Å². The Morgan fingerprint density at radius 1 is 1.20 bits per heavy atom. The molecule has 2 aromatic carbocycles. The average Bonchev–Trinajstić information content (AvgIpc) is 3.18. The molecule has 0 aliphatic carbocycles. The van der Waals surface area contributed by atoms with E-state index in [0.717, 1.165) is 27.1 Å². The standard InChI is InChI=1S/C19H16N2O3S/c1-11-7-12(2)18-14(8-11)20-19(25-18)21-17(22)6-4-13-3-5-15-16(9-13)24-10-23-15/h3-9H,10H2,1-2H3,(H,20,21,22)/b6-4+. The lowest BCUT2D eigenvalue weighted by Gasteiger charge is -1.98. The number of ether oxygens (including phenoxy) is 2. The molecule has 2 heterocycles. The fourth-order valence-electron chi connectivity index (χ4n) is 2.77. The van der Waals surface area contributed by atoms with E-state index in [1.54, 1.807) is 6.08 Å². The van der Waals surface area contributed by atoms with Crippen LogP contribution in [0.2, 0.25) is 0 Å². The molecule has 5 nitrogen and oxygen atoms in total. The molecule has 0 saturated carbocycles. The SMILES string of the molecule is Cc1cc(C)c2sc(NC(=O)/C=C/c3ccc4c(c3)OCO4)nc2c1. The van der Waals surface area contributed by atoms with Gasteiger partial charge >= 0.3 is 0 Å². The Morgan fingerprint density at radius 3 is 2.92 bits per heavy atom. The number of hydrogen-bond donors (Lipinski definition) is 1. The second kappa shape index (κ2) is 6.22. The number of carbonyl (C=O) groups is 1. The molecule has 1 aromatic heterocycles. The molecule has 0 spiro atoms. The molecule has 6 heteroatoms. The van der Waals surface area contributed by atoms with Gasteiger partial charge in [-0.1, -0.05) is 23.5 Å². The quantitative estimate of drug-likeness (QED) is 0.714. The molecular formula is C19H16N2O3S. The van der Waals surface area contributed by atoms with Crippen molar-refractivity contribution < 1.29 is 14.3 Å². The van der Waals surface area contributed by atoms with Crippen molar-refractivity contribution in [3.8, 4) is 11.5 Å². The van der Waals surface area contributed by atoms with Crippen LogP contribution < -0.4 is 14.8 Å². The summed E-state index contributed by atoms with van der Waals surface area (Å²) in [6.07, 6.45) is 3.22. The van der Waals surface area contributed by atoms with Gasteiger partial charge in [-0.3, -0.25) is 10.1 Å². The third kappa shape index (κ3) is 3.21. The maximum Gasteiger partial charge on any atom is 0.250 e. The first-order valence-corrected chi connectivity index (χ1v) is 8.67. The molecule has 0 radical (unpaired) electrons. The molecule has 1 aliphatic heterocycles. The molecule has 3 aromatic rings. The van der Waals surface area contributed by atoms with E-state index in [1.165, 1.54) is 23.0 Å². The summed E-state index contributed by atoms with van der Waals surface area (Å²) in [6, 6.07) is 9.69. The highest BCUT2D eigenvalue weighted by Gasteiger charge is 2.12. The Hall–Kier alpha value is -2.86. The van der Waals surface area contributed by atoms with E-state index in [1.807, 2.05) is 31.2 Å². The second-order valence-electron chi connectivity index (χ2n) is 5.88. The lowest BCUT2D eigenvalue weighted by Crippen LogP contribution is -2.07. The summed E-state index contributed by atoms with van der Waals surface area (Å²) in [5.74, 6) is 1.20. The number of thiazole rings is 1. The van der Waals surface area contributed by atoms with Crippen LogP contribution in [0.3, 0.4) is 0 Å². The highest BCUT2D eigenvalue weighted by molar-refractivity contribution is 7.22. The molecular weight excluding hydrogens is 336 g/mol. The maximum atomic E-state index is 12.2. The molecule has 4 rings (SSSR count). The molecule has 0 unspecified atom stereocenters. The van der Waals surface area contributed by atoms with Gasteiger partial charge in [0.2, 0.25) is 12.7 Å². The van der Waals surface area contributed by atoms with Gasteiger partial charge in [0, 0.05) is 6.08 Å². The summed E-state index contributed by atoms with van der Waals surface area (Å²) < 4.78 is 11.7. The highest BCUT2D eigenvalue weighted by atomic mass is 32.1. The summed E-state index contributed by atoms with van der Waals surface area (Å²) in [7, 11) is 0. The van der Waals surface area contributed by atoms with Crippen molar-refractivity contribution in [1.29, 1.82) is 0 Å². The van der Waals surface area contributed by atoms with Crippen LogP contribution in [-0.2, 0) is 4.79 Å². The minimum absolute atomic E-state index is 0.217. The van der Waals surface area contributed by atoms with Crippen molar-refractivity contribution in [1.82, 2.24) is 4.98 Å². The van der Waals surface area contributed by atoms with E-state index < -0.39 is 0 Å². The lowest BCUT2D eigenvalue weighted by atomic mass is 10.1. The monoisotopic (exact) mass is 352 g/mol. The number of anilines is 1. The lowest BCUT2D eigenvalue weighted by molar-refractivity contribution is -0.111. The number of amides is 1. The number of carbonyl (C=O) groups excluding carboxylic acids is 1. The largest absolute Gasteiger partial charge is 0.454 e. The van der Waals surface area contributed by atoms with Crippen LogP contribution in [-0.4, -0.2) is 17.7 Å². The Labute approximate surface area is 148 Å². The summed E-state index contributed by atoms with van der Waals surface area (Å²) in [4.78, 5) is 16.7. The van der Waals surface area contributed by atoms with Crippen LogP contribution in [0, 0.1) is 13.8 Å². The minimum Gasteiger partial charge on any atom is -0.454 e. The van der Waals surface area contributed by atoms with Crippen molar-refractivity contribution in [3.05, 3.63) is 53.1 Å². The van der Waals surface area contributed by atoms with Crippen molar-refractivity contribution in [3.63, 3.8) is 0 Å². The summed E-state index contributed by atoms with van der Waals surface area (Å²) >= 11 is 1.49. The Morgan fingerprint density at radius 2 is 2.04 bits per heavy atom. The van der Waals surface area contributed by atoms with Crippen LogP contribution in [0.25, 0.3) is 16.3 Å². The number of hydrogen-bond acceptors (Lipinski definition) is 5. The average molecular weight is 352 g/mol. The van der Waals surface area contributed by atoms with Gasteiger partial charge in [0.25, 0.3) is 0 Å². The first-order chi connectivity index (χ1) is 12.1. The molecule has 0 bridgehead atoms. The normalized spacial score (nSPS) is 12.9. The minimum atomic E-state index is -0.217. The molecule has 25 heavy (non-hydrogen) atoms. The van der Waals surface area contributed by atoms with E-state index in [0.29, 0.717) is 10.9 Å². The van der Waals surface area contributed by atoms with Crippen molar-refractivity contribution in [2.75, 3.05) is 12.1 Å². The smallest absolute Gasteiger partial charge is 0.250 e. The van der Waals surface area contributed by atoms with E-state index in [-0.39, 0.29) is 12.7 Å². The van der Waals surface area contributed by atoms with Crippen LogP contribution in [0.15, 0.2) is 36.4 Å². The summed E-state index contributed by atoms with van der Waals surface area (Å²) in [5.41, 5.74) is 4.12. The number of fused-ring (bicyclic) bond motifs is 2. The molecule has 1 aliphatic rings. The first kappa shape index (κ1) is 15.7. The molecule has 0 saturated heterocycles. The van der Waals surface area contributed by atoms with E-state index in [4.69, 9.17) is 9.47 Å². The molecule has 1 amide bonds. The second-order valence-corrected chi connectivity index (χ2v) is 6.88. The van der Waals surface area contributed by atoms with E-state index >= 15 is 0 Å². The molecule has 1 N–H and O–H groups in total. The Kier molecular flexibility index (Phi) is 3.89. The van der Waals surface area contributed by atoms with Gasteiger partial charge in [0.15, 0.2) is 16.6 Å². The Bertz CT molecular complexity index is 1010. The third-order valence-electron chi connectivity index (χ3n) is 3.87. The topological polar surface area (TPSA) is 60.5 Å². The van der Waals surface area contributed by atoms with E-state index in [9.17, 15) is 4.79 Å².